The van der Waals surface area contributed by atoms with Gasteiger partial charge in [-0.15, -0.1) is 0 Å². The van der Waals surface area contributed by atoms with Crippen LogP contribution in [0.1, 0.15) is 37.3 Å². The number of nitrogens with one attached hydrogen (secondary N) is 2. The van der Waals surface area contributed by atoms with E-state index in [2.05, 4.69) is 36.6 Å². The van der Waals surface area contributed by atoms with Gasteiger partial charge in [0, 0.05) is 25.3 Å². The molecule has 37 heavy (non-hydrogen) atoms. The fourth-order valence-electron chi connectivity index (χ4n) is 3.72. The van der Waals surface area contributed by atoms with Crippen LogP contribution in [0.25, 0.3) is 0 Å². The zero-order valence-electron chi connectivity index (χ0n) is 20.8. The minimum absolute atomic E-state index is 0.00948. The van der Waals surface area contributed by atoms with Crippen molar-refractivity contribution in [3.8, 4) is 12.1 Å². The maximum absolute atomic E-state index is 14.7. The summed E-state index contributed by atoms with van der Waals surface area (Å²) < 4.78 is 40.6. The Morgan fingerprint density at radius 3 is 2.30 bits per heavy atom. The predicted molar refractivity (Wildman–Crippen MR) is 135 cm³/mol. The number of halogens is 2. The molecular formula is C26H29F2N7O2. The van der Waals surface area contributed by atoms with Crippen molar-refractivity contribution in [2.45, 2.75) is 26.2 Å². The van der Waals surface area contributed by atoms with Gasteiger partial charge < -0.3 is 20.1 Å². The minimum atomic E-state index is -0.751. The van der Waals surface area contributed by atoms with E-state index < -0.39 is 11.6 Å². The van der Waals surface area contributed by atoms with Crippen molar-refractivity contribution in [2.75, 3.05) is 50.1 Å². The van der Waals surface area contributed by atoms with E-state index in [-0.39, 0.29) is 29.5 Å². The maximum Gasteiger partial charge on any atom is 0.323 e. The SMILES string of the molecule is CC(C)c1cc(F)c(Nc2nc(Nc3ccc(C#N)cc3)nc(OCCCN3CCOCC3)n2)c(F)c1. The summed E-state index contributed by atoms with van der Waals surface area (Å²) in [7, 11) is 0. The van der Waals surface area contributed by atoms with Gasteiger partial charge in [0.2, 0.25) is 11.9 Å². The van der Waals surface area contributed by atoms with Crippen molar-refractivity contribution in [2.24, 2.45) is 0 Å². The summed E-state index contributed by atoms with van der Waals surface area (Å²) >= 11 is 0. The number of aromatic nitrogens is 3. The molecule has 1 aliphatic rings. The van der Waals surface area contributed by atoms with E-state index in [0.717, 1.165) is 39.3 Å². The summed E-state index contributed by atoms with van der Waals surface area (Å²) in [6.45, 7) is 8.11. The molecule has 1 fully saturated rings. The number of anilines is 4. The van der Waals surface area contributed by atoms with Crippen LogP contribution in [0.15, 0.2) is 36.4 Å². The number of benzene rings is 2. The van der Waals surface area contributed by atoms with E-state index >= 15 is 0 Å². The average Bonchev–Trinajstić information content (AvgIpc) is 2.89. The third-order valence-electron chi connectivity index (χ3n) is 5.81. The summed E-state index contributed by atoms with van der Waals surface area (Å²) in [6, 6.07) is 11.3. The molecule has 1 aliphatic heterocycles. The molecule has 3 aromatic rings. The number of rotatable bonds is 10. The number of nitrogens with zero attached hydrogens (tertiary/aromatic N) is 5. The van der Waals surface area contributed by atoms with Crippen molar-refractivity contribution < 1.29 is 18.3 Å². The molecule has 0 amide bonds. The average molecular weight is 510 g/mol. The minimum Gasteiger partial charge on any atom is -0.463 e. The number of ether oxygens (including phenoxy) is 2. The van der Waals surface area contributed by atoms with Crippen LogP contribution >= 0.6 is 0 Å². The lowest BCUT2D eigenvalue weighted by Gasteiger charge is -2.26. The van der Waals surface area contributed by atoms with Gasteiger partial charge in [0.25, 0.3) is 0 Å². The molecular weight excluding hydrogens is 480 g/mol. The van der Waals surface area contributed by atoms with Gasteiger partial charge in [-0.3, -0.25) is 4.90 Å². The van der Waals surface area contributed by atoms with Crippen molar-refractivity contribution in [1.82, 2.24) is 19.9 Å². The molecule has 2 N–H and O–H groups in total. The zero-order chi connectivity index (χ0) is 26.2. The van der Waals surface area contributed by atoms with Crippen LogP contribution < -0.4 is 15.4 Å². The van der Waals surface area contributed by atoms with Gasteiger partial charge in [-0.2, -0.15) is 20.2 Å². The Bertz CT molecular complexity index is 1220. The van der Waals surface area contributed by atoms with E-state index in [4.69, 9.17) is 14.7 Å². The molecule has 194 valence electrons. The predicted octanol–water partition coefficient (Wildman–Crippen LogP) is 4.73. The lowest BCUT2D eigenvalue weighted by molar-refractivity contribution is 0.0356. The third-order valence-corrected chi connectivity index (χ3v) is 5.81. The van der Waals surface area contributed by atoms with Crippen molar-refractivity contribution in [3.05, 3.63) is 59.2 Å². The largest absolute Gasteiger partial charge is 0.463 e. The highest BCUT2D eigenvalue weighted by molar-refractivity contribution is 5.60. The smallest absolute Gasteiger partial charge is 0.323 e. The molecule has 2 aromatic carbocycles. The van der Waals surface area contributed by atoms with Crippen LogP contribution in [0.5, 0.6) is 6.01 Å². The Kier molecular flexibility index (Phi) is 8.77. The summed E-state index contributed by atoms with van der Waals surface area (Å²) in [5, 5.41) is 14.7. The number of hydrogen-bond donors (Lipinski definition) is 2. The van der Waals surface area contributed by atoms with E-state index in [0.29, 0.717) is 23.4 Å². The Hall–Kier alpha value is -3.88. The van der Waals surface area contributed by atoms with Crippen molar-refractivity contribution >= 4 is 23.3 Å². The summed E-state index contributed by atoms with van der Waals surface area (Å²) in [5.74, 6) is -1.50. The summed E-state index contributed by atoms with van der Waals surface area (Å²) in [5.41, 5.74) is 1.30. The highest BCUT2D eigenvalue weighted by Crippen LogP contribution is 2.28. The van der Waals surface area contributed by atoms with Gasteiger partial charge in [0.05, 0.1) is 31.5 Å². The molecule has 2 heterocycles. The summed E-state index contributed by atoms with van der Waals surface area (Å²) in [6.07, 6.45) is 0.743. The second kappa shape index (κ2) is 12.4. The van der Waals surface area contributed by atoms with Gasteiger partial charge in [0.15, 0.2) is 0 Å². The van der Waals surface area contributed by atoms with Crippen LogP contribution in [-0.4, -0.2) is 59.3 Å². The number of nitriles is 1. The Morgan fingerprint density at radius 1 is 1.03 bits per heavy atom. The quantitative estimate of drug-likeness (QED) is 0.375. The fraction of sp³-hybridized carbons (Fsp3) is 0.385. The van der Waals surface area contributed by atoms with Crippen molar-refractivity contribution in [1.29, 1.82) is 5.26 Å². The second-order valence-electron chi connectivity index (χ2n) is 8.87. The molecule has 0 unspecified atom stereocenters. The van der Waals surface area contributed by atoms with Gasteiger partial charge in [-0.25, -0.2) is 8.78 Å². The Morgan fingerprint density at radius 2 is 1.68 bits per heavy atom. The lowest BCUT2D eigenvalue weighted by Crippen LogP contribution is -2.37. The maximum atomic E-state index is 14.7. The molecule has 0 atom stereocenters. The molecule has 11 heteroatoms. The second-order valence-corrected chi connectivity index (χ2v) is 8.87. The number of hydrogen-bond acceptors (Lipinski definition) is 9. The first kappa shape index (κ1) is 26.2. The molecule has 0 radical (unpaired) electrons. The molecule has 4 rings (SSSR count). The highest BCUT2D eigenvalue weighted by atomic mass is 19.1. The Labute approximate surface area is 214 Å². The molecule has 1 saturated heterocycles. The standard InChI is InChI=1S/C26H29F2N7O2/c1-17(2)19-14-21(27)23(22(28)15-19)31-25-32-24(30-20-6-4-18(16-29)5-7-20)33-26(34-25)37-11-3-8-35-9-12-36-13-10-35/h4-7,14-15,17H,3,8-13H2,1-2H3,(H2,30,31,32,33,34). The first-order chi connectivity index (χ1) is 17.9. The number of morpholine rings is 1. The monoisotopic (exact) mass is 509 g/mol. The van der Waals surface area contributed by atoms with Crippen molar-refractivity contribution in [3.63, 3.8) is 0 Å². The first-order valence-electron chi connectivity index (χ1n) is 12.1. The molecule has 0 aliphatic carbocycles. The molecule has 9 nitrogen and oxygen atoms in total. The highest BCUT2D eigenvalue weighted by Gasteiger charge is 2.17. The Balaban J connectivity index is 1.52. The summed E-state index contributed by atoms with van der Waals surface area (Å²) in [4.78, 5) is 15.1. The molecule has 0 bridgehead atoms. The fourth-order valence-corrected chi connectivity index (χ4v) is 3.72. The third kappa shape index (κ3) is 7.31. The van der Waals surface area contributed by atoms with Crippen LogP contribution in [0, 0.1) is 23.0 Å². The van der Waals surface area contributed by atoms with E-state index in [9.17, 15) is 8.78 Å². The lowest BCUT2D eigenvalue weighted by atomic mass is 10.0. The first-order valence-corrected chi connectivity index (χ1v) is 12.1. The van der Waals surface area contributed by atoms with Gasteiger partial charge in [-0.05, 0) is 54.3 Å². The topological polar surface area (TPSA) is 108 Å². The molecule has 1 aromatic heterocycles. The van der Waals surface area contributed by atoms with Crippen LogP contribution in [-0.2, 0) is 4.74 Å². The zero-order valence-corrected chi connectivity index (χ0v) is 20.8. The van der Waals surface area contributed by atoms with Gasteiger partial charge in [0.1, 0.15) is 17.3 Å². The van der Waals surface area contributed by atoms with Gasteiger partial charge >= 0.3 is 6.01 Å². The van der Waals surface area contributed by atoms with Crippen LogP contribution in [0.3, 0.4) is 0 Å². The molecule has 0 saturated carbocycles. The van der Waals surface area contributed by atoms with E-state index in [1.807, 2.05) is 13.8 Å². The van der Waals surface area contributed by atoms with Crippen LogP contribution in [0.2, 0.25) is 0 Å². The normalized spacial score (nSPS) is 13.8. The molecule has 0 spiro atoms. The van der Waals surface area contributed by atoms with E-state index in [1.54, 1.807) is 24.3 Å². The van der Waals surface area contributed by atoms with E-state index in [1.165, 1.54) is 12.1 Å². The van der Waals surface area contributed by atoms with Crippen LogP contribution in [0.4, 0.5) is 32.1 Å². The van der Waals surface area contributed by atoms with Gasteiger partial charge in [-0.1, -0.05) is 13.8 Å².